The van der Waals surface area contributed by atoms with Gasteiger partial charge in [-0.2, -0.15) is 0 Å². The first-order chi connectivity index (χ1) is 11.7. The van der Waals surface area contributed by atoms with Gasteiger partial charge in [-0.15, -0.1) is 0 Å². The van der Waals surface area contributed by atoms with Gasteiger partial charge in [0.2, 0.25) is 0 Å². The highest BCUT2D eigenvalue weighted by Gasteiger charge is 2.03. The number of nitrogens with one attached hydrogen (secondary N) is 2. The van der Waals surface area contributed by atoms with E-state index in [4.69, 9.17) is 4.74 Å². The molecule has 0 saturated heterocycles. The number of benzene rings is 1. The van der Waals surface area contributed by atoms with E-state index in [1.807, 2.05) is 23.2 Å². The molecule has 0 spiro atoms. The zero-order valence-electron chi connectivity index (χ0n) is 14.7. The van der Waals surface area contributed by atoms with Crippen LogP contribution in [0.1, 0.15) is 18.1 Å². The minimum Gasteiger partial charge on any atom is -0.496 e. The molecule has 6 nitrogen and oxygen atoms in total. The molecule has 130 valence electrons. The third-order valence-electron chi connectivity index (χ3n) is 3.65. The van der Waals surface area contributed by atoms with Crippen LogP contribution in [0.5, 0.6) is 5.75 Å². The summed E-state index contributed by atoms with van der Waals surface area (Å²) >= 11 is 0. The summed E-state index contributed by atoms with van der Waals surface area (Å²) in [6.07, 6.45) is 6.41. The fourth-order valence-corrected chi connectivity index (χ4v) is 2.46. The van der Waals surface area contributed by atoms with Crippen LogP contribution < -0.4 is 15.4 Å². The van der Waals surface area contributed by atoms with E-state index < -0.39 is 0 Å². The monoisotopic (exact) mass is 329 g/mol. The Hall–Kier alpha value is -2.50. The summed E-state index contributed by atoms with van der Waals surface area (Å²) < 4.78 is 7.46. The summed E-state index contributed by atoms with van der Waals surface area (Å²) in [6, 6.07) is 6.24. The first-order valence-corrected chi connectivity index (χ1v) is 8.34. The average molecular weight is 329 g/mol. The van der Waals surface area contributed by atoms with E-state index in [-0.39, 0.29) is 0 Å². The highest BCUT2D eigenvalue weighted by atomic mass is 16.5. The summed E-state index contributed by atoms with van der Waals surface area (Å²) in [5, 5.41) is 6.62. The second-order valence-electron chi connectivity index (χ2n) is 5.55. The fraction of sp³-hybridized carbons (Fsp3) is 0.444. The SMILES string of the molecule is CCNC(=NCCc1cc(C)ccc1OC)NCCn1ccnc1. The lowest BCUT2D eigenvalue weighted by atomic mass is 10.1. The van der Waals surface area contributed by atoms with Crippen LogP contribution in [0, 0.1) is 6.92 Å². The Morgan fingerprint density at radius 1 is 1.33 bits per heavy atom. The summed E-state index contributed by atoms with van der Waals surface area (Å²) in [7, 11) is 1.71. The van der Waals surface area contributed by atoms with Gasteiger partial charge in [0.25, 0.3) is 0 Å². The molecule has 0 aliphatic carbocycles. The molecule has 2 N–H and O–H groups in total. The van der Waals surface area contributed by atoms with Crippen molar-refractivity contribution in [1.82, 2.24) is 20.2 Å². The van der Waals surface area contributed by atoms with E-state index >= 15 is 0 Å². The molecule has 0 unspecified atom stereocenters. The first-order valence-electron chi connectivity index (χ1n) is 8.34. The molecule has 0 atom stereocenters. The Balaban J connectivity index is 1.87. The van der Waals surface area contributed by atoms with Gasteiger partial charge in [0.15, 0.2) is 5.96 Å². The molecule has 1 aromatic carbocycles. The molecule has 0 radical (unpaired) electrons. The maximum absolute atomic E-state index is 5.42. The maximum Gasteiger partial charge on any atom is 0.191 e. The van der Waals surface area contributed by atoms with Gasteiger partial charge in [-0.1, -0.05) is 17.7 Å². The van der Waals surface area contributed by atoms with E-state index in [1.165, 1.54) is 11.1 Å². The molecule has 1 aromatic heterocycles. The number of methoxy groups -OCH3 is 1. The van der Waals surface area contributed by atoms with Crippen LogP contribution >= 0.6 is 0 Å². The van der Waals surface area contributed by atoms with Crippen molar-refractivity contribution in [1.29, 1.82) is 0 Å². The van der Waals surface area contributed by atoms with Crippen molar-refractivity contribution >= 4 is 5.96 Å². The van der Waals surface area contributed by atoms with Crippen molar-refractivity contribution in [3.05, 3.63) is 48.0 Å². The fourth-order valence-electron chi connectivity index (χ4n) is 2.46. The number of aliphatic imine (C=N–C) groups is 1. The summed E-state index contributed by atoms with van der Waals surface area (Å²) in [6.45, 7) is 7.36. The number of rotatable bonds is 8. The number of hydrogen-bond acceptors (Lipinski definition) is 3. The van der Waals surface area contributed by atoms with Crippen molar-refractivity contribution in [2.24, 2.45) is 4.99 Å². The molecule has 6 heteroatoms. The van der Waals surface area contributed by atoms with Crippen LogP contribution in [-0.4, -0.2) is 42.3 Å². The molecule has 1 heterocycles. The lowest BCUT2D eigenvalue weighted by molar-refractivity contribution is 0.409. The number of nitrogens with zero attached hydrogens (tertiary/aromatic N) is 3. The molecule has 2 aromatic rings. The Bertz CT molecular complexity index is 637. The Morgan fingerprint density at radius 3 is 2.92 bits per heavy atom. The number of guanidine groups is 1. The van der Waals surface area contributed by atoms with Crippen molar-refractivity contribution in [3.8, 4) is 5.75 Å². The van der Waals surface area contributed by atoms with Gasteiger partial charge in [-0.3, -0.25) is 4.99 Å². The Labute approximate surface area is 144 Å². The van der Waals surface area contributed by atoms with Gasteiger partial charge in [0, 0.05) is 38.6 Å². The van der Waals surface area contributed by atoms with Gasteiger partial charge in [-0.25, -0.2) is 4.98 Å². The molecular formula is C18H27N5O. The van der Waals surface area contributed by atoms with Crippen LogP contribution in [0.25, 0.3) is 0 Å². The molecule has 0 amide bonds. The van der Waals surface area contributed by atoms with Crippen molar-refractivity contribution in [2.75, 3.05) is 26.7 Å². The number of ether oxygens (including phenoxy) is 1. The topological polar surface area (TPSA) is 63.5 Å². The van der Waals surface area contributed by atoms with E-state index in [1.54, 1.807) is 13.3 Å². The number of aromatic nitrogens is 2. The van der Waals surface area contributed by atoms with Gasteiger partial charge < -0.3 is 19.9 Å². The normalized spacial score (nSPS) is 11.4. The number of hydrogen-bond donors (Lipinski definition) is 2. The van der Waals surface area contributed by atoms with E-state index in [0.717, 1.165) is 37.8 Å². The molecule has 24 heavy (non-hydrogen) atoms. The Morgan fingerprint density at radius 2 is 2.21 bits per heavy atom. The molecule has 0 aliphatic heterocycles. The van der Waals surface area contributed by atoms with Crippen molar-refractivity contribution < 1.29 is 4.74 Å². The summed E-state index contributed by atoms with van der Waals surface area (Å²) in [5.74, 6) is 1.76. The van der Waals surface area contributed by atoms with E-state index in [2.05, 4.69) is 46.6 Å². The number of aryl methyl sites for hydroxylation is 1. The summed E-state index contributed by atoms with van der Waals surface area (Å²) in [5.41, 5.74) is 2.43. The van der Waals surface area contributed by atoms with Gasteiger partial charge in [0.05, 0.1) is 13.4 Å². The largest absolute Gasteiger partial charge is 0.496 e. The van der Waals surface area contributed by atoms with Gasteiger partial charge in [-0.05, 0) is 31.9 Å². The highest BCUT2D eigenvalue weighted by molar-refractivity contribution is 5.79. The molecule has 0 saturated carbocycles. The second kappa shape index (κ2) is 9.60. The predicted molar refractivity (Wildman–Crippen MR) is 97.6 cm³/mol. The quantitative estimate of drug-likeness (QED) is 0.574. The average Bonchev–Trinajstić information content (AvgIpc) is 3.08. The van der Waals surface area contributed by atoms with Crippen LogP contribution in [-0.2, 0) is 13.0 Å². The maximum atomic E-state index is 5.42. The molecule has 0 fully saturated rings. The van der Waals surface area contributed by atoms with Crippen molar-refractivity contribution in [2.45, 2.75) is 26.8 Å². The molecule has 2 rings (SSSR count). The third kappa shape index (κ3) is 5.61. The van der Waals surface area contributed by atoms with Gasteiger partial charge in [0.1, 0.15) is 5.75 Å². The van der Waals surface area contributed by atoms with Gasteiger partial charge >= 0.3 is 0 Å². The van der Waals surface area contributed by atoms with Crippen LogP contribution in [0.3, 0.4) is 0 Å². The molecule has 0 aliphatic rings. The third-order valence-corrected chi connectivity index (χ3v) is 3.65. The molecular weight excluding hydrogens is 302 g/mol. The summed E-state index contributed by atoms with van der Waals surface area (Å²) in [4.78, 5) is 8.69. The van der Waals surface area contributed by atoms with Crippen molar-refractivity contribution in [3.63, 3.8) is 0 Å². The second-order valence-corrected chi connectivity index (χ2v) is 5.55. The smallest absolute Gasteiger partial charge is 0.191 e. The Kier molecular flexibility index (Phi) is 7.14. The number of imidazole rings is 1. The lowest BCUT2D eigenvalue weighted by Crippen LogP contribution is -2.39. The van der Waals surface area contributed by atoms with E-state index in [9.17, 15) is 0 Å². The predicted octanol–water partition coefficient (Wildman–Crippen LogP) is 2.00. The first kappa shape index (κ1) is 17.8. The van der Waals surface area contributed by atoms with Crippen LogP contribution in [0.4, 0.5) is 0 Å². The zero-order chi connectivity index (χ0) is 17.2. The highest BCUT2D eigenvalue weighted by Crippen LogP contribution is 2.20. The zero-order valence-corrected chi connectivity index (χ0v) is 14.7. The standard InChI is InChI=1S/C18H27N5O/c1-4-20-18(22-10-12-23-11-9-19-14-23)21-8-7-16-13-15(2)5-6-17(16)24-3/h5-6,9,11,13-14H,4,7-8,10,12H2,1-3H3,(H2,20,21,22). The minimum absolute atomic E-state index is 0.709. The minimum atomic E-state index is 0.709. The lowest BCUT2D eigenvalue weighted by Gasteiger charge is -2.12. The molecule has 0 bridgehead atoms. The van der Waals surface area contributed by atoms with E-state index in [0.29, 0.717) is 6.54 Å². The van der Waals surface area contributed by atoms with Crippen LogP contribution in [0.15, 0.2) is 41.9 Å². The van der Waals surface area contributed by atoms with Crippen LogP contribution in [0.2, 0.25) is 0 Å².